The van der Waals surface area contributed by atoms with Gasteiger partial charge in [-0.25, -0.2) is 0 Å². The van der Waals surface area contributed by atoms with Crippen LogP contribution in [0.4, 0.5) is 0 Å². The molecule has 3 heteroatoms. The fourth-order valence-electron chi connectivity index (χ4n) is 6.59. The minimum absolute atomic E-state index is 0.0687. The Balaban J connectivity index is 1.75. The Morgan fingerprint density at radius 3 is 2.58 bits per heavy atom. The van der Waals surface area contributed by atoms with Gasteiger partial charge in [-0.1, -0.05) is 26.0 Å². The van der Waals surface area contributed by atoms with E-state index in [0.717, 1.165) is 25.7 Å². The Hall–Kier alpha value is -1.22. The largest absolute Gasteiger partial charge is 0.382 e. The van der Waals surface area contributed by atoms with Gasteiger partial charge >= 0.3 is 0 Å². The molecule has 4 aliphatic carbocycles. The zero-order valence-electron chi connectivity index (χ0n) is 15.0. The summed E-state index contributed by atoms with van der Waals surface area (Å²) in [6.07, 6.45) is 11.3. The van der Waals surface area contributed by atoms with Crippen LogP contribution in [0.1, 0.15) is 59.3 Å². The average molecular weight is 328 g/mol. The SMILES string of the molecule is CC(=O)[C@]1(O)CC[C@@H]2[C@@H]3C=CC4=CC(=O)CC[C@]4(C)[C@@H]3CC[C@@]21C. The predicted octanol–water partition coefficient (Wildman–Crippen LogP) is 3.61. The highest BCUT2D eigenvalue weighted by Crippen LogP contribution is 2.66. The van der Waals surface area contributed by atoms with Gasteiger partial charge in [0.25, 0.3) is 0 Å². The molecule has 24 heavy (non-hydrogen) atoms. The number of fused-ring (bicyclic) bond motifs is 5. The molecule has 0 aliphatic heterocycles. The summed E-state index contributed by atoms with van der Waals surface area (Å²) in [6.45, 7) is 6.00. The number of aliphatic hydroxyl groups is 1. The second-order valence-corrected chi connectivity index (χ2v) is 9.04. The lowest BCUT2D eigenvalue weighted by Gasteiger charge is -2.56. The van der Waals surface area contributed by atoms with Crippen LogP contribution in [-0.4, -0.2) is 22.3 Å². The van der Waals surface area contributed by atoms with Crippen LogP contribution in [0.15, 0.2) is 23.8 Å². The van der Waals surface area contributed by atoms with E-state index in [9.17, 15) is 14.7 Å². The molecule has 0 saturated heterocycles. The molecule has 4 aliphatic rings. The molecule has 0 aromatic rings. The Morgan fingerprint density at radius 2 is 1.88 bits per heavy atom. The number of rotatable bonds is 1. The highest BCUT2D eigenvalue weighted by Gasteiger charge is 2.64. The smallest absolute Gasteiger partial charge is 0.161 e. The first-order valence-electron chi connectivity index (χ1n) is 9.39. The summed E-state index contributed by atoms with van der Waals surface area (Å²) in [5.74, 6) is 1.47. The van der Waals surface area contributed by atoms with E-state index in [1.54, 1.807) is 6.92 Å². The molecule has 130 valence electrons. The first kappa shape index (κ1) is 16.3. The molecule has 0 aromatic carbocycles. The monoisotopic (exact) mass is 328 g/mol. The van der Waals surface area contributed by atoms with E-state index in [-0.39, 0.29) is 22.4 Å². The Labute approximate surface area is 144 Å². The van der Waals surface area contributed by atoms with Gasteiger partial charge in [0.15, 0.2) is 11.6 Å². The molecular formula is C21H28O3. The van der Waals surface area contributed by atoms with E-state index in [0.29, 0.717) is 30.6 Å². The Bertz CT molecular complexity index is 675. The van der Waals surface area contributed by atoms with E-state index in [1.165, 1.54) is 5.57 Å². The Kier molecular flexibility index (Phi) is 3.32. The lowest BCUT2D eigenvalue weighted by atomic mass is 9.48. The van der Waals surface area contributed by atoms with E-state index >= 15 is 0 Å². The summed E-state index contributed by atoms with van der Waals surface area (Å²) in [4.78, 5) is 24.0. The predicted molar refractivity (Wildman–Crippen MR) is 92.2 cm³/mol. The van der Waals surface area contributed by atoms with E-state index in [2.05, 4.69) is 26.0 Å². The highest BCUT2D eigenvalue weighted by molar-refractivity contribution is 5.92. The van der Waals surface area contributed by atoms with Crippen molar-refractivity contribution in [3.63, 3.8) is 0 Å². The second kappa shape index (κ2) is 4.91. The quantitative estimate of drug-likeness (QED) is 0.800. The first-order chi connectivity index (χ1) is 11.2. The van der Waals surface area contributed by atoms with Crippen LogP contribution < -0.4 is 0 Å². The topological polar surface area (TPSA) is 54.4 Å². The van der Waals surface area contributed by atoms with Crippen LogP contribution in [0.25, 0.3) is 0 Å². The van der Waals surface area contributed by atoms with Gasteiger partial charge in [-0.3, -0.25) is 9.59 Å². The molecular weight excluding hydrogens is 300 g/mol. The third-order valence-electron chi connectivity index (χ3n) is 8.25. The molecule has 0 aromatic heterocycles. The summed E-state index contributed by atoms with van der Waals surface area (Å²) in [7, 11) is 0. The number of Topliss-reactive ketones (excluding diaryl/α,β-unsaturated/α-hetero) is 1. The fourth-order valence-corrected chi connectivity index (χ4v) is 6.59. The Morgan fingerprint density at radius 1 is 1.17 bits per heavy atom. The maximum absolute atomic E-state index is 12.2. The van der Waals surface area contributed by atoms with Crippen LogP contribution in [0, 0.1) is 28.6 Å². The molecule has 0 unspecified atom stereocenters. The average Bonchev–Trinajstić information content (AvgIpc) is 2.81. The van der Waals surface area contributed by atoms with Crippen molar-refractivity contribution < 1.29 is 14.7 Å². The van der Waals surface area contributed by atoms with Gasteiger partial charge in [0, 0.05) is 11.8 Å². The summed E-state index contributed by atoms with van der Waals surface area (Å²) in [5.41, 5.74) is -0.197. The molecule has 0 bridgehead atoms. The minimum atomic E-state index is -1.16. The van der Waals surface area contributed by atoms with Gasteiger partial charge in [-0.15, -0.1) is 0 Å². The van der Waals surface area contributed by atoms with Gasteiger partial charge < -0.3 is 5.11 Å². The number of carbonyl (C=O) groups is 2. The van der Waals surface area contributed by atoms with Gasteiger partial charge in [0.05, 0.1) is 0 Å². The molecule has 2 saturated carbocycles. The van der Waals surface area contributed by atoms with E-state index in [4.69, 9.17) is 0 Å². The van der Waals surface area contributed by atoms with Crippen LogP contribution in [0.3, 0.4) is 0 Å². The van der Waals surface area contributed by atoms with Crippen molar-refractivity contribution in [1.29, 1.82) is 0 Å². The van der Waals surface area contributed by atoms with E-state index in [1.807, 2.05) is 6.08 Å². The van der Waals surface area contributed by atoms with Crippen LogP contribution in [0.2, 0.25) is 0 Å². The molecule has 0 spiro atoms. The molecule has 0 amide bonds. The molecule has 3 nitrogen and oxygen atoms in total. The summed E-state index contributed by atoms with van der Waals surface area (Å²) < 4.78 is 0. The summed E-state index contributed by atoms with van der Waals surface area (Å²) in [6, 6.07) is 0. The van der Waals surface area contributed by atoms with Crippen molar-refractivity contribution in [3.8, 4) is 0 Å². The van der Waals surface area contributed by atoms with Crippen LogP contribution >= 0.6 is 0 Å². The van der Waals surface area contributed by atoms with Gasteiger partial charge in [0.1, 0.15) is 5.60 Å². The molecule has 0 radical (unpaired) electrons. The normalized spacial score (nSPS) is 49.9. The molecule has 4 rings (SSSR count). The minimum Gasteiger partial charge on any atom is -0.382 e. The van der Waals surface area contributed by atoms with Gasteiger partial charge in [-0.05, 0) is 73.8 Å². The second-order valence-electron chi connectivity index (χ2n) is 9.04. The summed E-state index contributed by atoms with van der Waals surface area (Å²) in [5, 5.41) is 11.1. The van der Waals surface area contributed by atoms with Crippen molar-refractivity contribution in [2.24, 2.45) is 28.6 Å². The molecule has 2 fully saturated rings. The zero-order valence-corrected chi connectivity index (χ0v) is 15.0. The summed E-state index contributed by atoms with van der Waals surface area (Å²) >= 11 is 0. The fraction of sp³-hybridized carbons (Fsp3) is 0.714. The number of hydrogen-bond acceptors (Lipinski definition) is 3. The first-order valence-corrected chi connectivity index (χ1v) is 9.39. The lowest BCUT2D eigenvalue weighted by Crippen LogP contribution is -2.56. The maximum atomic E-state index is 12.2. The van der Waals surface area contributed by atoms with Crippen LogP contribution in [-0.2, 0) is 9.59 Å². The lowest BCUT2D eigenvalue weighted by molar-refractivity contribution is -0.156. The number of carbonyl (C=O) groups excluding carboxylic acids is 2. The standard InChI is InChI=1S/C21H28O3/c1-13(22)21(24)11-8-18-16-5-4-14-12-15(23)6-9-19(14,2)17(16)7-10-20(18,21)3/h4-5,12,16-18,24H,6-11H2,1-3H3/t16-,17-,18-,19+,20+,21-/m1/s1. The third kappa shape index (κ3) is 1.82. The number of ketones is 2. The van der Waals surface area contributed by atoms with Crippen molar-refractivity contribution in [2.75, 3.05) is 0 Å². The van der Waals surface area contributed by atoms with Crippen LogP contribution in [0.5, 0.6) is 0 Å². The third-order valence-corrected chi connectivity index (χ3v) is 8.25. The van der Waals surface area contributed by atoms with Crippen molar-refractivity contribution in [3.05, 3.63) is 23.8 Å². The molecule has 1 N–H and O–H groups in total. The number of allylic oxidation sites excluding steroid dienone is 4. The van der Waals surface area contributed by atoms with Crippen molar-refractivity contribution in [1.82, 2.24) is 0 Å². The van der Waals surface area contributed by atoms with E-state index < -0.39 is 5.60 Å². The van der Waals surface area contributed by atoms with Crippen molar-refractivity contribution in [2.45, 2.75) is 64.9 Å². The van der Waals surface area contributed by atoms with Crippen molar-refractivity contribution >= 4 is 11.6 Å². The van der Waals surface area contributed by atoms with Gasteiger partial charge in [-0.2, -0.15) is 0 Å². The van der Waals surface area contributed by atoms with Gasteiger partial charge in [0.2, 0.25) is 0 Å². The molecule has 6 atom stereocenters. The number of hydrogen-bond donors (Lipinski definition) is 1. The maximum Gasteiger partial charge on any atom is 0.161 e. The highest BCUT2D eigenvalue weighted by atomic mass is 16.3. The zero-order chi connectivity index (χ0) is 17.3. The molecule has 0 heterocycles.